The Bertz CT molecular complexity index is 591. The van der Waals surface area contributed by atoms with Gasteiger partial charge in [-0.3, -0.25) is 10.4 Å². The smallest absolute Gasteiger partial charge is 0.124 e. The van der Waals surface area contributed by atoms with Crippen LogP contribution in [0.4, 0.5) is 5.69 Å². The van der Waals surface area contributed by atoms with Gasteiger partial charge in [-0.2, -0.15) is 0 Å². The van der Waals surface area contributed by atoms with E-state index in [0.29, 0.717) is 11.3 Å². The minimum atomic E-state index is 0.000549. The van der Waals surface area contributed by atoms with Crippen LogP contribution in [0.5, 0.6) is 0 Å². The Kier molecular flexibility index (Phi) is 3.80. The molecule has 0 atom stereocenters. The second-order valence-electron chi connectivity index (χ2n) is 4.51. The number of hydrogen-bond acceptors (Lipinski definition) is 3. The number of nitrogen functional groups attached to an aromatic ring is 2. The summed E-state index contributed by atoms with van der Waals surface area (Å²) in [5.74, 6) is 0.000549. The minimum Gasteiger partial charge on any atom is -0.398 e. The van der Waals surface area contributed by atoms with Crippen LogP contribution in [0.3, 0.4) is 0 Å². The molecular weight excluding hydrogens is 236 g/mol. The zero-order valence-electron chi connectivity index (χ0n) is 11.0. The first-order valence-corrected chi connectivity index (χ1v) is 6.30. The number of benzene rings is 1. The third kappa shape index (κ3) is 2.73. The Hall–Kier alpha value is -2.36. The first kappa shape index (κ1) is 13.1. The minimum absolute atomic E-state index is 0.000549. The maximum absolute atomic E-state index is 7.65. The molecule has 1 heterocycles. The summed E-state index contributed by atoms with van der Waals surface area (Å²) in [4.78, 5) is 4.11. The number of hydrogen-bond donors (Lipinski definition) is 3. The summed E-state index contributed by atoms with van der Waals surface area (Å²) < 4.78 is 0. The molecule has 4 nitrogen and oxygen atoms in total. The SMILES string of the molecule is CCCc1cc(C(=N)N)c(N)c(-c2cccnc2)c1. The molecule has 5 N–H and O–H groups in total. The van der Waals surface area contributed by atoms with Gasteiger partial charge in [-0.25, -0.2) is 0 Å². The molecule has 0 bridgehead atoms. The molecule has 19 heavy (non-hydrogen) atoms. The highest BCUT2D eigenvalue weighted by molar-refractivity contribution is 6.03. The van der Waals surface area contributed by atoms with E-state index in [4.69, 9.17) is 16.9 Å². The van der Waals surface area contributed by atoms with Gasteiger partial charge >= 0.3 is 0 Å². The van der Waals surface area contributed by atoms with E-state index in [1.165, 1.54) is 0 Å². The van der Waals surface area contributed by atoms with Gasteiger partial charge in [-0.15, -0.1) is 0 Å². The summed E-state index contributed by atoms with van der Waals surface area (Å²) in [5, 5.41) is 7.65. The van der Waals surface area contributed by atoms with Crippen molar-refractivity contribution in [3.63, 3.8) is 0 Å². The van der Waals surface area contributed by atoms with Crippen LogP contribution in [0.25, 0.3) is 11.1 Å². The lowest BCUT2D eigenvalue weighted by molar-refractivity contribution is 0.922. The van der Waals surface area contributed by atoms with Gasteiger partial charge in [0.05, 0.1) is 5.69 Å². The number of aromatic nitrogens is 1. The number of pyridine rings is 1. The summed E-state index contributed by atoms with van der Waals surface area (Å²) in [5.41, 5.74) is 15.9. The molecule has 1 aromatic carbocycles. The summed E-state index contributed by atoms with van der Waals surface area (Å²) in [6, 6.07) is 7.79. The molecule has 0 saturated carbocycles. The topological polar surface area (TPSA) is 88.8 Å². The number of nitrogens with zero attached hydrogens (tertiary/aromatic N) is 1. The van der Waals surface area contributed by atoms with E-state index in [2.05, 4.69) is 18.0 Å². The van der Waals surface area contributed by atoms with Gasteiger partial charge in [-0.1, -0.05) is 19.4 Å². The van der Waals surface area contributed by atoms with Crippen molar-refractivity contribution < 1.29 is 0 Å². The average molecular weight is 254 g/mol. The maximum Gasteiger partial charge on any atom is 0.124 e. The van der Waals surface area contributed by atoms with Crippen molar-refractivity contribution in [3.8, 4) is 11.1 Å². The van der Waals surface area contributed by atoms with Gasteiger partial charge in [0.25, 0.3) is 0 Å². The van der Waals surface area contributed by atoms with Crippen LogP contribution in [-0.4, -0.2) is 10.8 Å². The molecule has 0 fully saturated rings. The number of nitrogens with one attached hydrogen (secondary N) is 1. The average Bonchev–Trinajstić information content (AvgIpc) is 2.41. The van der Waals surface area contributed by atoms with Gasteiger partial charge in [0.2, 0.25) is 0 Å². The Morgan fingerprint density at radius 1 is 1.37 bits per heavy atom. The molecule has 0 saturated heterocycles. The molecule has 2 aromatic rings. The second kappa shape index (κ2) is 5.52. The number of amidine groups is 1. The van der Waals surface area contributed by atoms with Crippen LogP contribution >= 0.6 is 0 Å². The molecule has 0 spiro atoms. The fraction of sp³-hybridized carbons (Fsp3) is 0.200. The molecular formula is C15H18N4. The molecule has 0 aliphatic rings. The van der Waals surface area contributed by atoms with Gasteiger partial charge < -0.3 is 11.5 Å². The fourth-order valence-electron chi connectivity index (χ4n) is 2.13. The monoisotopic (exact) mass is 254 g/mol. The van der Waals surface area contributed by atoms with Gasteiger partial charge in [0, 0.05) is 29.1 Å². The van der Waals surface area contributed by atoms with Crippen LogP contribution in [-0.2, 0) is 6.42 Å². The van der Waals surface area contributed by atoms with E-state index in [1.807, 2.05) is 18.2 Å². The highest BCUT2D eigenvalue weighted by Gasteiger charge is 2.11. The van der Waals surface area contributed by atoms with Crippen molar-refractivity contribution in [2.24, 2.45) is 5.73 Å². The number of nitrogens with two attached hydrogens (primary N) is 2. The van der Waals surface area contributed by atoms with Crippen LogP contribution < -0.4 is 11.5 Å². The number of rotatable bonds is 4. The van der Waals surface area contributed by atoms with Gasteiger partial charge in [0.15, 0.2) is 0 Å². The first-order chi connectivity index (χ1) is 9.13. The quantitative estimate of drug-likeness (QED) is 0.445. The fourth-order valence-corrected chi connectivity index (χ4v) is 2.13. The van der Waals surface area contributed by atoms with Crippen molar-refractivity contribution in [2.75, 3.05) is 5.73 Å². The van der Waals surface area contributed by atoms with Crippen molar-refractivity contribution in [3.05, 3.63) is 47.8 Å². The van der Waals surface area contributed by atoms with Crippen molar-refractivity contribution in [1.82, 2.24) is 4.98 Å². The first-order valence-electron chi connectivity index (χ1n) is 6.30. The zero-order chi connectivity index (χ0) is 13.8. The lowest BCUT2D eigenvalue weighted by Crippen LogP contribution is -2.15. The predicted molar refractivity (Wildman–Crippen MR) is 79.1 cm³/mol. The summed E-state index contributed by atoms with van der Waals surface area (Å²) >= 11 is 0. The van der Waals surface area contributed by atoms with E-state index in [0.717, 1.165) is 29.5 Å². The van der Waals surface area contributed by atoms with E-state index in [1.54, 1.807) is 12.4 Å². The second-order valence-corrected chi connectivity index (χ2v) is 4.51. The largest absolute Gasteiger partial charge is 0.398 e. The highest BCUT2D eigenvalue weighted by atomic mass is 14.7. The van der Waals surface area contributed by atoms with Gasteiger partial charge in [0.1, 0.15) is 5.84 Å². The summed E-state index contributed by atoms with van der Waals surface area (Å²) in [6.07, 6.45) is 5.47. The molecule has 4 heteroatoms. The van der Waals surface area contributed by atoms with Crippen molar-refractivity contribution >= 4 is 11.5 Å². The molecule has 0 aliphatic carbocycles. The summed E-state index contributed by atoms with van der Waals surface area (Å²) in [6.45, 7) is 2.12. The Balaban J connectivity index is 2.62. The standard InChI is InChI=1S/C15H18N4/c1-2-4-10-7-12(11-5-3-6-19-9-11)14(16)13(8-10)15(17)18/h3,5-9H,2,4,16H2,1H3,(H3,17,18). The van der Waals surface area contributed by atoms with E-state index < -0.39 is 0 Å². The molecule has 1 aromatic heterocycles. The van der Waals surface area contributed by atoms with E-state index >= 15 is 0 Å². The maximum atomic E-state index is 7.65. The molecule has 0 unspecified atom stereocenters. The van der Waals surface area contributed by atoms with Gasteiger partial charge in [-0.05, 0) is 30.2 Å². The summed E-state index contributed by atoms with van der Waals surface area (Å²) in [7, 11) is 0. The van der Waals surface area contributed by atoms with Crippen LogP contribution in [0.1, 0.15) is 24.5 Å². The normalized spacial score (nSPS) is 10.4. The Morgan fingerprint density at radius 3 is 2.74 bits per heavy atom. The third-order valence-electron chi connectivity index (χ3n) is 3.04. The Labute approximate surface area is 113 Å². The van der Waals surface area contributed by atoms with Crippen LogP contribution in [0.2, 0.25) is 0 Å². The predicted octanol–water partition coefficient (Wildman–Crippen LogP) is 2.57. The van der Waals surface area contributed by atoms with Crippen molar-refractivity contribution in [2.45, 2.75) is 19.8 Å². The molecule has 0 aliphatic heterocycles. The molecule has 98 valence electrons. The zero-order valence-corrected chi connectivity index (χ0v) is 11.0. The van der Waals surface area contributed by atoms with Crippen LogP contribution in [0, 0.1) is 5.41 Å². The lowest BCUT2D eigenvalue weighted by Gasteiger charge is -2.13. The third-order valence-corrected chi connectivity index (χ3v) is 3.04. The Morgan fingerprint density at radius 2 is 2.16 bits per heavy atom. The molecule has 0 amide bonds. The molecule has 0 radical (unpaired) electrons. The van der Waals surface area contributed by atoms with E-state index in [-0.39, 0.29) is 5.84 Å². The van der Waals surface area contributed by atoms with Crippen LogP contribution in [0.15, 0.2) is 36.7 Å². The van der Waals surface area contributed by atoms with E-state index in [9.17, 15) is 0 Å². The van der Waals surface area contributed by atoms with Crippen molar-refractivity contribution in [1.29, 1.82) is 5.41 Å². The lowest BCUT2D eigenvalue weighted by atomic mass is 9.96. The number of aryl methyl sites for hydroxylation is 1. The highest BCUT2D eigenvalue weighted by Crippen LogP contribution is 2.30. The number of anilines is 1. The molecule has 2 rings (SSSR count).